The molecule has 7 heteroatoms. The van der Waals surface area contributed by atoms with Crippen LogP contribution in [0.3, 0.4) is 0 Å². The average molecular weight is 377 g/mol. The number of aryl methyl sites for hydroxylation is 1. The Balaban J connectivity index is 1.94. The van der Waals surface area contributed by atoms with Gasteiger partial charge in [-0.1, -0.05) is 29.8 Å². The van der Waals surface area contributed by atoms with E-state index in [1.54, 1.807) is 6.92 Å². The fraction of sp³-hybridized carbons (Fsp3) is 0.118. The van der Waals surface area contributed by atoms with Crippen LogP contribution in [0.25, 0.3) is 10.7 Å². The summed E-state index contributed by atoms with van der Waals surface area (Å²) in [6, 6.07) is 11.3. The maximum Gasteiger partial charge on any atom is 0.340 e. The van der Waals surface area contributed by atoms with E-state index in [2.05, 4.69) is 9.97 Å². The third kappa shape index (κ3) is 3.77. The van der Waals surface area contributed by atoms with Crippen molar-refractivity contribution in [2.45, 2.75) is 17.7 Å². The summed E-state index contributed by atoms with van der Waals surface area (Å²) in [5.41, 5.74) is 1.68. The van der Waals surface area contributed by atoms with Crippen LogP contribution in [0.5, 0.6) is 0 Å². The van der Waals surface area contributed by atoms with Crippen LogP contribution in [0.2, 0.25) is 5.02 Å². The Kier molecular flexibility index (Phi) is 5.18. The highest BCUT2D eigenvalue weighted by Crippen LogP contribution is 2.30. The first-order valence-corrected chi connectivity index (χ1v) is 9.32. The number of aromatic nitrogens is 2. The van der Waals surface area contributed by atoms with Gasteiger partial charge in [-0.05, 0) is 36.1 Å². The van der Waals surface area contributed by atoms with Crippen molar-refractivity contribution in [2.24, 2.45) is 0 Å². The minimum absolute atomic E-state index is 0.161. The van der Waals surface area contributed by atoms with Gasteiger partial charge in [-0.2, -0.15) is 0 Å². The molecule has 0 saturated heterocycles. The lowest BCUT2D eigenvalue weighted by molar-refractivity contribution is 0.0691. The molecule has 0 atom stereocenters. The van der Waals surface area contributed by atoms with Gasteiger partial charge in [-0.3, -0.25) is 0 Å². The number of rotatable bonds is 5. The van der Waals surface area contributed by atoms with Crippen molar-refractivity contribution in [3.05, 3.63) is 63.6 Å². The zero-order valence-corrected chi connectivity index (χ0v) is 15.1. The molecular weight excluding hydrogens is 364 g/mol. The summed E-state index contributed by atoms with van der Waals surface area (Å²) < 4.78 is 0. The fourth-order valence-corrected chi connectivity index (χ4v) is 3.96. The summed E-state index contributed by atoms with van der Waals surface area (Å²) >= 11 is 8.81. The topological polar surface area (TPSA) is 63.1 Å². The molecule has 0 saturated carbocycles. The van der Waals surface area contributed by atoms with Gasteiger partial charge in [0.25, 0.3) is 0 Å². The van der Waals surface area contributed by atoms with Gasteiger partial charge in [0.1, 0.15) is 10.6 Å². The van der Waals surface area contributed by atoms with E-state index in [-0.39, 0.29) is 5.56 Å². The van der Waals surface area contributed by atoms with Gasteiger partial charge in [0.15, 0.2) is 5.82 Å². The van der Waals surface area contributed by atoms with E-state index in [9.17, 15) is 9.90 Å². The van der Waals surface area contributed by atoms with Crippen LogP contribution in [0, 0.1) is 6.92 Å². The molecule has 0 fully saturated rings. The molecule has 3 aromatic rings. The third-order valence-corrected chi connectivity index (χ3v) is 5.47. The number of benzene rings is 1. The first kappa shape index (κ1) is 17.0. The normalized spacial score (nSPS) is 10.8. The second kappa shape index (κ2) is 7.34. The molecule has 4 nitrogen and oxygen atoms in total. The Morgan fingerprint density at radius 2 is 2.00 bits per heavy atom. The lowest BCUT2D eigenvalue weighted by Gasteiger charge is -2.09. The largest absolute Gasteiger partial charge is 0.478 e. The number of carboxylic acids is 1. The molecule has 122 valence electrons. The van der Waals surface area contributed by atoms with E-state index >= 15 is 0 Å². The Bertz CT molecular complexity index is 865. The minimum atomic E-state index is -1.01. The minimum Gasteiger partial charge on any atom is -0.478 e. The molecule has 24 heavy (non-hydrogen) atoms. The molecule has 2 aromatic heterocycles. The highest BCUT2D eigenvalue weighted by atomic mass is 35.5. The number of hydrogen-bond acceptors (Lipinski definition) is 5. The summed E-state index contributed by atoms with van der Waals surface area (Å²) in [5.74, 6) is 0.160. The van der Waals surface area contributed by atoms with Gasteiger partial charge in [-0.25, -0.2) is 14.8 Å². The van der Waals surface area contributed by atoms with Gasteiger partial charge >= 0.3 is 5.97 Å². The van der Waals surface area contributed by atoms with E-state index in [0.29, 0.717) is 27.3 Å². The first-order valence-electron chi connectivity index (χ1n) is 7.07. The molecule has 0 aliphatic carbocycles. The Labute approximate surface area is 152 Å². The van der Waals surface area contributed by atoms with E-state index in [4.69, 9.17) is 11.6 Å². The number of halogens is 1. The monoisotopic (exact) mass is 376 g/mol. The molecule has 0 aliphatic rings. The Morgan fingerprint density at radius 1 is 1.25 bits per heavy atom. The van der Waals surface area contributed by atoms with Gasteiger partial charge < -0.3 is 5.11 Å². The first-order chi connectivity index (χ1) is 11.5. The molecular formula is C17H13ClN2O2S2. The molecule has 0 spiro atoms. The molecule has 0 unspecified atom stereocenters. The number of thiophene rings is 1. The smallest absolute Gasteiger partial charge is 0.340 e. The molecule has 0 bridgehead atoms. The van der Waals surface area contributed by atoms with Gasteiger partial charge in [0.2, 0.25) is 0 Å². The van der Waals surface area contributed by atoms with Crippen molar-refractivity contribution in [1.29, 1.82) is 0 Å². The third-order valence-electron chi connectivity index (χ3n) is 3.30. The quantitative estimate of drug-likeness (QED) is 0.492. The van der Waals surface area contributed by atoms with E-state index < -0.39 is 5.97 Å². The SMILES string of the molecule is Cc1nc(-c2cccs2)nc(SCc2ccc(Cl)cc2)c1C(=O)O. The van der Waals surface area contributed by atoms with Crippen LogP contribution in [0.15, 0.2) is 46.8 Å². The Morgan fingerprint density at radius 3 is 2.62 bits per heavy atom. The van der Waals surface area contributed by atoms with Crippen molar-refractivity contribution >= 4 is 40.7 Å². The average Bonchev–Trinajstić information content (AvgIpc) is 3.08. The van der Waals surface area contributed by atoms with E-state index in [1.165, 1.54) is 23.1 Å². The van der Waals surface area contributed by atoms with Crippen LogP contribution in [0.4, 0.5) is 0 Å². The number of nitrogens with zero attached hydrogens (tertiary/aromatic N) is 2. The van der Waals surface area contributed by atoms with E-state index in [1.807, 2.05) is 41.8 Å². The van der Waals surface area contributed by atoms with Crippen LogP contribution < -0.4 is 0 Å². The van der Waals surface area contributed by atoms with Crippen LogP contribution >= 0.6 is 34.7 Å². The van der Waals surface area contributed by atoms with Crippen molar-refractivity contribution in [1.82, 2.24) is 9.97 Å². The van der Waals surface area contributed by atoms with Crippen LogP contribution in [-0.4, -0.2) is 21.0 Å². The summed E-state index contributed by atoms with van der Waals surface area (Å²) in [6.07, 6.45) is 0. The predicted molar refractivity (Wildman–Crippen MR) is 98.1 cm³/mol. The Hall–Kier alpha value is -1.89. The number of carbonyl (C=O) groups is 1. The molecule has 0 radical (unpaired) electrons. The summed E-state index contributed by atoms with van der Waals surface area (Å²) in [7, 11) is 0. The summed E-state index contributed by atoms with van der Waals surface area (Å²) in [5, 5.41) is 12.6. The second-order valence-corrected chi connectivity index (χ2v) is 7.36. The fourth-order valence-electron chi connectivity index (χ4n) is 2.15. The molecule has 0 amide bonds. The van der Waals surface area contributed by atoms with Crippen molar-refractivity contribution in [3.63, 3.8) is 0 Å². The van der Waals surface area contributed by atoms with Crippen LogP contribution in [0.1, 0.15) is 21.6 Å². The molecule has 2 heterocycles. The predicted octanol–water partition coefficient (Wildman–Crippen LogP) is 5.16. The zero-order valence-electron chi connectivity index (χ0n) is 12.7. The zero-order chi connectivity index (χ0) is 17.1. The summed E-state index contributed by atoms with van der Waals surface area (Å²) in [6.45, 7) is 1.70. The molecule has 1 aromatic carbocycles. The second-order valence-electron chi connectivity index (χ2n) is 5.01. The van der Waals surface area contributed by atoms with Gasteiger partial charge in [-0.15, -0.1) is 23.1 Å². The highest BCUT2D eigenvalue weighted by Gasteiger charge is 2.19. The van der Waals surface area contributed by atoms with E-state index in [0.717, 1.165) is 10.4 Å². The lowest BCUT2D eigenvalue weighted by Crippen LogP contribution is -2.08. The van der Waals surface area contributed by atoms with Gasteiger partial charge in [0.05, 0.1) is 10.6 Å². The molecule has 3 rings (SSSR count). The maximum absolute atomic E-state index is 11.6. The van der Waals surface area contributed by atoms with Crippen molar-refractivity contribution in [2.75, 3.05) is 0 Å². The molecule has 1 N–H and O–H groups in total. The summed E-state index contributed by atoms with van der Waals surface area (Å²) in [4.78, 5) is 21.3. The van der Waals surface area contributed by atoms with Crippen molar-refractivity contribution in [3.8, 4) is 10.7 Å². The van der Waals surface area contributed by atoms with Crippen LogP contribution in [-0.2, 0) is 5.75 Å². The number of aromatic carboxylic acids is 1. The number of thioether (sulfide) groups is 1. The molecule has 0 aliphatic heterocycles. The number of hydrogen-bond donors (Lipinski definition) is 1. The van der Waals surface area contributed by atoms with Gasteiger partial charge in [0, 0.05) is 10.8 Å². The highest BCUT2D eigenvalue weighted by molar-refractivity contribution is 7.98. The maximum atomic E-state index is 11.6. The lowest BCUT2D eigenvalue weighted by atomic mass is 10.2. The van der Waals surface area contributed by atoms with Crippen molar-refractivity contribution < 1.29 is 9.90 Å². The standard InChI is InChI=1S/C17H13ClN2O2S2/c1-10-14(17(21)22)16(20-15(19-10)13-3-2-8-23-13)24-9-11-4-6-12(18)7-5-11/h2-8H,9H2,1H3,(H,21,22). The number of carboxylic acid groups (broad SMARTS) is 1.